The molecular weight excluding hydrogens is 246 g/mol. The number of pyridine rings is 1. The minimum atomic E-state index is 0.749. The summed E-state index contributed by atoms with van der Waals surface area (Å²) in [6.07, 6.45) is 3.59. The molecule has 100 valence electrons. The van der Waals surface area contributed by atoms with Gasteiger partial charge in [0.25, 0.3) is 0 Å². The number of nitrogens with zero attached hydrogens (tertiary/aromatic N) is 1. The summed E-state index contributed by atoms with van der Waals surface area (Å²) in [6, 6.07) is 12.3. The van der Waals surface area contributed by atoms with Crippen molar-refractivity contribution in [1.82, 2.24) is 4.98 Å². The Balaban J connectivity index is 2.06. The molecule has 3 rings (SSSR count). The maximum atomic E-state index is 5.99. The van der Waals surface area contributed by atoms with Crippen molar-refractivity contribution in [3.05, 3.63) is 59.9 Å². The van der Waals surface area contributed by atoms with Crippen molar-refractivity contribution in [2.24, 2.45) is 0 Å². The van der Waals surface area contributed by atoms with E-state index in [0.29, 0.717) is 0 Å². The summed E-state index contributed by atoms with van der Waals surface area (Å²) in [7, 11) is 0. The maximum absolute atomic E-state index is 5.99. The number of nitrogens with one attached hydrogen (secondary N) is 1. The minimum absolute atomic E-state index is 0.749. The zero-order valence-electron chi connectivity index (χ0n) is 11.6. The number of aromatic nitrogens is 1. The lowest BCUT2D eigenvalue weighted by molar-refractivity contribution is 1.34. The van der Waals surface area contributed by atoms with Gasteiger partial charge in [-0.25, -0.2) is 0 Å². The number of rotatable bonds is 2. The zero-order chi connectivity index (χ0) is 14.1. The fourth-order valence-corrected chi connectivity index (χ4v) is 2.30. The first kappa shape index (κ1) is 12.5. The molecule has 0 unspecified atom stereocenters. The topological polar surface area (TPSA) is 50.9 Å². The van der Waals surface area contributed by atoms with Crippen LogP contribution in [0.1, 0.15) is 11.1 Å². The summed E-state index contributed by atoms with van der Waals surface area (Å²) in [4.78, 5) is 4.14. The predicted molar refractivity (Wildman–Crippen MR) is 85.4 cm³/mol. The van der Waals surface area contributed by atoms with Crippen LogP contribution in [-0.4, -0.2) is 4.98 Å². The molecule has 0 fully saturated rings. The minimum Gasteiger partial charge on any atom is -0.398 e. The standard InChI is InChI=1S/C17H17N3/c1-11-3-4-13(9-12(11)2)20-17-6-5-16(18)15-10-19-8-7-14(15)17/h3-10,20H,18H2,1-2H3. The van der Waals surface area contributed by atoms with Gasteiger partial charge in [-0.05, 0) is 55.3 Å². The van der Waals surface area contributed by atoms with Crippen LogP contribution in [-0.2, 0) is 0 Å². The van der Waals surface area contributed by atoms with Gasteiger partial charge in [0, 0.05) is 40.2 Å². The molecule has 0 aliphatic heterocycles. The molecule has 0 atom stereocenters. The van der Waals surface area contributed by atoms with Gasteiger partial charge in [-0.2, -0.15) is 0 Å². The van der Waals surface area contributed by atoms with Gasteiger partial charge >= 0.3 is 0 Å². The summed E-state index contributed by atoms with van der Waals surface area (Å²) >= 11 is 0. The summed E-state index contributed by atoms with van der Waals surface area (Å²) in [5.41, 5.74) is 11.4. The Morgan fingerprint density at radius 3 is 2.60 bits per heavy atom. The molecule has 0 saturated heterocycles. The smallest absolute Gasteiger partial charge is 0.0466 e. The normalized spacial score (nSPS) is 10.7. The molecule has 0 aliphatic rings. The van der Waals surface area contributed by atoms with Crippen LogP contribution in [0.5, 0.6) is 0 Å². The number of hydrogen-bond donors (Lipinski definition) is 2. The SMILES string of the molecule is Cc1ccc(Nc2ccc(N)c3cnccc23)cc1C. The second-order valence-electron chi connectivity index (χ2n) is 5.05. The maximum Gasteiger partial charge on any atom is 0.0466 e. The van der Waals surface area contributed by atoms with Crippen LogP contribution in [0.2, 0.25) is 0 Å². The van der Waals surface area contributed by atoms with Crippen molar-refractivity contribution >= 4 is 27.8 Å². The number of hydrogen-bond acceptors (Lipinski definition) is 3. The number of anilines is 3. The second-order valence-corrected chi connectivity index (χ2v) is 5.05. The molecule has 3 aromatic rings. The Bertz CT molecular complexity index is 778. The zero-order valence-corrected chi connectivity index (χ0v) is 11.6. The van der Waals surface area contributed by atoms with Gasteiger partial charge in [0.05, 0.1) is 0 Å². The molecule has 3 heteroatoms. The van der Waals surface area contributed by atoms with Crippen molar-refractivity contribution in [2.45, 2.75) is 13.8 Å². The van der Waals surface area contributed by atoms with Crippen LogP contribution in [0.3, 0.4) is 0 Å². The van der Waals surface area contributed by atoms with E-state index < -0.39 is 0 Å². The predicted octanol–water partition coefficient (Wildman–Crippen LogP) is 4.18. The number of aryl methyl sites for hydroxylation is 2. The van der Waals surface area contributed by atoms with Crippen molar-refractivity contribution in [3.63, 3.8) is 0 Å². The highest BCUT2D eigenvalue weighted by molar-refractivity contribution is 6.01. The number of benzene rings is 2. The number of nitrogen functional groups attached to an aromatic ring is 1. The molecule has 0 saturated carbocycles. The molecule has 0 spiro atoms. The third-order valence-corrected chi connectivity index (χ3v) is 3.64. The van der Waals surface area contributed by atoms with Crippen LogP contribution in [0.4, 0.5) is 17.1 Å². The lowest BCUT2D eigenvalue weighted by atomic mass is 10.1. The Morgan fingerprint density at radius 1 is 0.950 bits per heavy atom. The molecular formula is C17H17N3. The summed E-state index contributed by atoms with van der Waals surface area (Å²) < 4.78 is 0. The molecule has 20 heavy (non-hydrogen) atoms. The van der Waals surface area contributed by atoms with E-state index in [-0.39, 0.29) is 0 Å². The first-order chi connectivity index (χ1) is 9.65. The molecule has 1 heterocycles. The van der Waals surface area contributed by atoms with E-state index in [1.165, 1.54) is 11.1 Å². The number of nitrogens with two attached hydrogens (primary N) is 1. The fourth-order valence-electron chi connectivity index (χ4n) is 2.30. The van der Waals surface area contributed by atoms with Gasteiger partial charge in [-0.1, -0.05) is 6.07 Å². The highest BCUT2D eigenvalue weighted by Crippen LogP contribution is 2.30. The van der Waals surface area contributed by atoms with Crippen molar-refractivity contribution in [3.8, 4) is 0 Å². The molecule has 0 bridgehead atoms. The Hall–Kier alpha value is -2.55. The van der Waals surface area contributed by atoms with Gasteiger partial charge in [0.1, 0.15) is 0 Å². The lowest BCUT2D eigenvalue weighted by Gasteiger charge is -2.12. The second kappa shape index (κ2) is 4.85. The molecule has 2 aromatic carbocycles. The third-order valence-electron chi connectivity index (χ3n) is 3.64. The van der Waals surface area contributed by atoms with Gasteiger partial charge in [0.2, 0.25) is 0 Å². The number of fused-ring (bicyclic) bond motifs is 1. The first-order valence-electron chi connectivity index (χ1n) is 6.61. The van der Waals surface area contributed by atoms with E-state index in [1.807, 2.05) is 18.2 Å². The van der Waals surface area contributed by atoms with Crippen molar-refractivity contribution in [2.75, 3.05) is 11.1 Å². The van der Waals surface area contributed by atoms with E-state index >= 15 is 0 Å². The largest absolute Gasteiger partial charge is 0.398 e. The van der Waals surface area contributed by atoms with E-state index in [0.717, 1.165) is 27.8 Å². The lowest BCUT2D eigenvalue weighted by Crippen LogP contribution is -1.95. The van der Waals surface area contributed by atoms with E-state index in [9.17, 15) is 0 Å². The molecule has 0 radical (unpaired) electrons. The molecule has 1 aromatic heterocycles. The highest BCUT2D eigenvalue weighted by Gasteiger charge is 2.05. The van der Waals surface area contributed by atoms with Crippen LogP contribution in [0.25, 0.3) is 10.8 Å². The van der Waals surface area contributed by atoms with Gasteiger partial charge < -0.3 is 11.1 Å². The van der Waals surface area contributed by atoms with Crippen molar-refractivity contribution in [1.29, 1.82) is 0 Å². The summed E-state index contributed by atoms with van der Waals surface area (Å²) in [6.45, 7) is 4.23. The summed E-state index contributed by atoms with van der Waals surface area (Å²) in [5, 5.41) is 5.51. The van der Waals surface area contributed by atoms with Crippen molar-refractivity contribution < 1.29 is 0 Å². The highest BCUT2D eigenvalue weighted by atomic mass is 14.9. The molecule has 0 aliphatic carbocycles. The van der Waals surface area contributed by atoms with E-state index in [1.54, 1.807) is 12.4 Å². The Morgan fingerprint density at radius 2 is 1.80 bits per heavy atom. The van der Waals surface area contributed by atoms with Gasteiger partial charge in [0.15, 0.2) is 0 Å². The average molecular weight is 263 g/mol. The quantitative estimate of drug-likeness (QED) is 0.682. The third kappa shape index (κ3) is 2.18. The van der Waals surface area contributed by atoms with E-state index in [2.05, 4.69) is 42.3 Å². The summed E-state index contributed by atoms with van der Waals surface area (Å²) in [5.74, 6) is 0. The molecule has 3 N–H and O–H groups in total. The Kier molecular flexibility index (Phi) is 3.03. The van der Waals surface area contributed by atoms with Crippen LogP contribution in [0.15, 0.2) is 48.8 Å². The fraction of sp³-hybridized carbons (Fsp3) is 0.118. The van der Waals surface area contributed by atoms with E-state index in [4.69, 9.17) is 5.73 Å². The molecule has 3 nitrogen and oxygen atoms in total. The average Bonchev–Trinajstić information content (AvgIpc) is 2.46. The van der Waals surface area contributed by atoms with Crippen LogP contribution < -0.4 is 11.1 Å². The first-order valence-corrected chi connectivity index (χ1v) is 6.61. The van der Waals surface area contributed by atoms with Crippen LogP contribution >= 0.6 is 0 Å². The molecule has 0 amide bonds. The van der Waals surface area contributed by atoms with Crippen LogP contribution in [0, 0.1) is 13.8 Å². The van der Waals surface area contributed by atoms with Gasteiger partial charge in [-0.3, -0.25) is 4.98 Å². The Labute approximate surface area is 118 Å². The monoisotopic (exact) mass is 263 g/mol. The van der Waals surface area contributed by atoms with Gasteiger partial charge in [-0.15, -0.1) is 0 Å².